The van der Waals surface area contributed by atoms with E-state index >= 15 is 0 Å². The first kappa shape index (κ1) is 15.8. The first-order chi connectivity index (χ1) is 12.2. The Morgan fingerprint density at radius 2 is 2.16 bits per heavy atom. The molecular formula is C17H20N6O2. The summed E-state index contributed by atoms with van der Waals surface area (Å²) >= 11 is 0. The third-order valence-electron chi connectivity index (χ3n) is 4.78. The van der Waals surface area contributed by atoms with Crippen molar-refractivity contribution in [1.82, 2.24) is 29.8 Å². The van der Waals surface area contributed by atoms with E-state index in [-0.39, 0.29) is 18.6 Å². The van der Waals surface area contributed by atoms with E-state index in [1.165, 1.54) is 0 Å². The van der Waals surface area contributed by atoms with E-state index in [1.54, 1.807) is 29.5 Å². The molecule has 0 aromatic carbocycles. The summed E-state index contributed by atoms with van der Waals surface area (Å²) in [5, 5.41) is 12.3. The van der Waals surface area contributed by atoms with Gasteiger partial charge in [0, 0.05) is 31.2 Å². The van der Waals surface area contributed by atoms with E-state index in [4.69, 9.17) is 0 Å². The number of aromatic amines is 1. The Balaban J connectivity index is 1.59. The van der Waals surface area contributed by atoms with E-state index in [1.807, 2.05) is 6.07 Å². The second-order valence-electron chi connectivity index (χ2n) is 6.45. The smallest absolute Gasteiger partial charge is 0.272 e. The first-order valence-electron chi connectivity index (χ1n) is 8.50. The lowest BCUT2D eigenvalue weighted by molar-refractivity contribution is 0.0910. The van der Waals surface area contributed by atoms with Gasteiger partial charge in [-0.05, 0) is 37.7 Å². The zero-order valence-corrected chi connectivity index (χ0v) is 13.7. The fraction of sp³-hybridized carbons (Fsp3) is 0.412. The summed E-state index contributed by atoms with van der Waals surface area (Å²) in [7, 11) is 0. The van der Waals surface area contributed by atoms with Crippen molar-refractivity contribution in [3.05, 3.63) is 36.7 Å². The molecular weight excluding hydrogens is 320 g/mol. The van der Waals surface area contributed by atoms with Crippen LogP contribution >= 0.6 is 0 Å². The van der Waals surface area contributed by atoms with Crippen LogP contribution in [0, 0.1) is 5.92 Å². The fourth-order valence-corrected chi connectivity index (χ4v) is 3.33. The minimum Gasteiger partial charge on any atom is -0.396 e. The SMILES string of the molecule is O=C(NC1CCC(CO)CC1)c1nc(-n2ccnc2)nc2cc[nH]c12. The van der Waals surface area contributed by atoms with Gasteiger partial charge in [0.05, 0.1) is 11.0 Å². The number of amides is 1. The number of fused-ring (bicyclic) bond motifs is 1. The predicted molar refractivity (Wildman–Crippen MR) is 91.3 cm³/mol. The van der Waals surface area contributed by atoms with Gasteiger partial charge in [0.2, 0.25) is 5.95 Å². The molecule has 0 unspecified atom stereocenters. The molecule has 8 heteroatoms. The minimum absolute atomic E-state index is 0.118. The summed E-state index contributed by atoms with van der Waals surface area (Å²) in [6.45, 7) is 0.226. The molecule has 1 amide bonds. The third-order valence-corrected chi connectivity index (χ3v) is 4.78. The molecule has 0 saturated heterocycles. The molecule has 0 spiro atoms. The molecule has 8 nitrogen and oxygen atoms in total. The second kappa shape index (κ2) is 6.64. The van der Waals surface area contributed by atoms with Crippen LogP contribution in [0.1, 0.15) is 36.2 Å². The van der Waals surface area contributed by atoms with E-state index in [9.17, 15) is 9.90 Å². The lowest BCUT2D eigenvalue weighted by Crippen LogP contribution is -2.38. The van der Waals surface area contributed by atoms with Crippen LogP contribution in [0.5, 0.6) is 0 Å². The highest BCUT2D eigenvalue weighted by atomic mass is 16.3. The third kappa shape index (κ3) is 3.12. The molecule has 0 aliphatic heterocycles. The maximum Gasteiger partial charge on any atom is 0.272 e. The normalized spacial score (nSPS) is 20.7. The van der Waals surface area contributed by atoms with Gasteiger partial charge in [0.1, 0.15) is 6.33 Å². The van der Waals surface area contributed by atoms with E-state index in [0.717, 1.165) is 25.7 Å². The van der Waals surface area contributed by atoms with Gasteiger partial charge in [-0.25, -0.2) is 15.0 Å². The highest BCUT2D eigenvalue weighted by Crippen LogP contribution is 2.24. The van der Waals surface area contributed by atoms with Crippen molar-refractivity contribution >= 4 is 16.9 Å². The van der Waals surface area contributed by atoms with Crippen LogP contribution in [0.3, 0.4) is 0 Å². The van der Waals surface area contributed by atoms with E-state index in [0.29, 0.717) is 28.6 Å². The van der Waals surface area contributed by atoms with E-state index < -0.39 is 0 Å². The molecule has 1 aliphatic rings. The average Bonchev–Trinajstić information content (AvgIpc) is 3.32. The summed E-state index contributed by atoms with van der Waals surface area (Å²) in [5.41, 5.74) is 1.65. The molecule has 1 saturated carbocycles. The molecule has 1 aliphatic carbocycles. The van der Waals surface area contributed by atoms with Crippen molar-refractivity contribution in [1.29, 1.82) is 0 Å². The summed E-state index contributed by atoms with van der Waals surface area (Å²) in [6, 6.07) is 1.94. The number of nitrogens with zero attached hydrogens (tertiary/aromatic N) is 4. The first-order valence-corrected chi connectivity index (χ1v) is 8.50. The number of aliphatic hydroxyl groups is 1. The van der Waals surface area contributed by atoms with Gasteiger partial charge in [0.25, 0.3) is 5.91 Å². The van der Waals surface area contributed by atoms with Crippen molar-refractivity contribution < 1.29 is 9.90 Å². The Bertz CT molecular complexity index is 865. The van der Waals surface area contributed by atoms with Crippen molar-refractivity contribution in [2.24, 2.45) is 5.92 Å². The quantitative estimate of drug-likeness (QED) is 0.666. The summed E-state index contributed by atoms with van der Waals surface area (Å²) in [5.74, 6) is 0.567. The lowest BCUT2D eigenvalue weighted by Gasteiger charge is -2.27. The number of carbonyl (C=O) groups excluding carboxylic acids is 1. The van der Waals surface area contributed by atoms with Crippen LogP contribution in [-0.4, -0.2) is 48.2 Å². The van der Waals surface area contributed by atoms with Crippen LogP contribution in [0.2, 0.25) is 0 Å². The van der Waals surface area contributed by atoms with Crippen molar-refractivity contribution in [3.63, 3.8) is 0 Å². The van der Waals surface area contributed by atoms with Crippen molar-refractivity contribution in [2.45, 2.75) is 31.7 Å². The van der Waals surface area contributed by atoms with Gasteiger partial charge in [-0.1, -0.05) is 0 Å². The maximum atomic E-state index is 12.8. The van der Waals surface area contributed by atoms with Crippen LogP contribution < -0.4 is 5.32 Å². The standard InChI is InChI=1S/C17H20N6O2/c24-9-11-1-3-12(4-2-11)20-16(25)15-14-13(5-6-19-14)21-17(22-15)23-8-7-18-10-23/h5-8,10-12,19,24H,1-4,9H2,(H,20,25). The summed E-state index contributed by atoms with van der Waals surface area (Å²) in [6.07, 6.45) is 10.4. The molecule has 25 heavy (non-hydrogen) atoms. The molecule has 3 aromatic rings. The molecule has 0 atom stereocenters. The van der Waals surface area contributed by atoms with Gasteiger partial charge in [-0.3, -0.25) is 9.36 Å². The van der Waals surface area contributed by atoms with Crippen LogP contribution in [0.15, 0.2) is 31.0 Å². The molecule has 3 N–H and O–H groups in total. The molecule has 3 aromatic heterocycles. The van der Waals surface area contributed by atoms with Crippen LogP contribution in [-0.2, 0) is 0 Å². The van der Waals surface area contributed by atoms with Crippen LogP contribution in [0.4, 0.5) is 0 Å². The summed E-state index contributed by atoms with van der Waals surface area (Å²) in [4.78, 5) is 28.8. The van der Waals surface area contributed by atoms with Gasteiger partial charge >= 0.3 is 0 Å². The number of aliphatic hydroxyl groups excluding tert-OH is 1. The number of hydrogen-bond acceptors (Lipinski definition) is 5. The van der Waals surface area contributed by atoms with Gasteiger partial charge < -0.3 is 15.4 Å². The Labute approximate surface area is 144 Å². The Morgan fingerprint density at radius 3 is 2.88 bits per heavy atom. The van der Waals surface area contributed by atoms with Gasteiger partial charge in [-0.15, -0.1) is 0 Å². The van der Waals surface area contributed by atoms with Crippen molar-refractivity contribution in [2.75, 3.05) is 6.61 Å². The molecule has 0 bridgehead atoms. The molecule has 4 rings (SSSR count). The molecule has 3 heterocycles. The topological polar surface area (TPSA) is 109 Å². The zero-order valence-electron chi connectivity index (χ0n) is 13.7. The summed E-state index contributed by atoms with van der Waals surface area (Å²) < 4.78 is 1.68. The largest absolute Gasteiger partial charge is 0.396 e. The number of H-pyrrole nitrogens is 1. The fourth-order valence-electron chi connectivity index (χ4n) is 3.33. The zero-order chi connectivity index (χ0) is 17.2. The van der Waals surface area contributed by atoms with E-state index in [2.05, 4.69) is 25.3 Å². The number of rotatable bonds is 4. The number of nitrogens with one attached hydrogen (secondary N) is 2. The van der Waals surface area contributed by atoms with Gasteiger partial charge in [-0.2, -0.15) is 0 Å². The average molecular weight is 340 g/mol. The molecule has 0 radical (unpaired) electrons. The van der Waals surface area contributed by atoms with Crippen molar-refractivity contribution in [3.8, 4) is 5.95 Å². The van der Waals surface area contributed by atoms with Gasteiger partial charge in [0.15, 0.2) is 5.69 Å². The Hall–Kier alpha value is -2.74. The number of aromatic nitrogens is 5. The maximum absolute atomic E-state index is 12.8. The van der Waals surface area contributed by atoms with Crippen LogP contribution in [0.25, 0.3) is 17.0 Å². The molecule has 130 valence electrons. The lowest BCUT2D eigenvalue weighted by atomic mass is 9.86. The molecule has 1 fully saturated rings. The second-order valence-corrected chi connectivity index (χ2v) is 6.45. The minimum atomic E-state index is -0.205. The predicted octanol–water partition coefficient (Wildman–Crippen LogP) is 1.42. The Morgan fingerprint density at radius 1 is 1.32 bits per heavy atom. The highest BCUT2D eigenvalue weighted by molar-refractivity contribution is 6.03. The Kier molecular flexibility index (Phi) is 4.19. The number of hydrogen-bond donors (Lipinski definition) is 3. The highest BCUT2D eigenvalue weighted by Gasteiger charge is 2.24. The monoisotopic (exact) mass is 340 g/mol. The number of carbonyl (C=O) groups is 1. The number of imidazole rings is 1.